The fraction of sp³-hybridized carbons (Fsp3) is 0.353. The van der Waals surface area contributed by atoms with Gasteiger partial charge in [0.2, 0.25) is 0 Å². The van der Waals surface area contributed by atoms with E-state index in [1.165, 1.54) is 11.1 Å². The van der Waals surface area contributed by atoms with Crippen molar-refractivity contribution in [1.29, 1.82) is 0 Å². The fourth-order valence-electron chi connectivity index (χ4n) is 2.72. The number of aryl methyl sites for hydroxylation is 2. The van der Waals surface area contributed by atoms with Gasteiger partial charge in [0, 0.05) is 17.0 Å². The van der Waals surface area contributed by atoms with Gasteiger partial charge < -0.3 is 4.57 Å². The lowest BCUT2D eigenvalue weighted by Gasteiger charge is -2.19. The molecule has 0 aliphatic carbocycles. The smallest absolute Gasteiger partial charge is 0.179 e. The Bertz CT molecular complexity index is 625. The fourth-order valence-corrected chi connectivity index (χ4v) is 2.87. The molecule has 2 nitrogen and oxygen atoms in total. The lowest BCUT2D eigenvalue weighted by molar-refractivity contribution is 0.102. The number of carbonyl (C=O) groups is 1. The number of halogens is 1. The van der Waals surface area contributed by atoms with E-state index in [-0.39, 0.29) is 17.7 Å². The number of nitrogens with zero attached hydrogens (tertiary/aromatic N) is 1. The first-order valence-electron chi connectivity index (χ1n) is 6.80. The molecule has 1 aromatic carbocycles. The summed E-state index contributed by atoms with van der Waals surface area (Å²) in [7, 11) is 0. The summed E-state index contributed by atoms with van der Waals surface area (Å²) in [6.45, 7) is 8.25. The number of Topliss-reactive ketones (excluding diaryl/α,β-unsaturated/α-hetero) is 1. The molecule has 1 heterocycles. The van der Waals surface area contributed by atoms with Crippen LogP contribution < -0.4 is 0 Å². The predicted octanol–water partition coefficient (Wildman–Crippen LogP) is 4.44. The second-order valence-corrected chi connectivity index (χ2v) is 5.57. The van der Waals surface area contributed by atoms with Crippen molar-refractivity contribution in [3.8, 4) is 0 Å². The third kappa shape index (κ3) is 2.66. The topological polar surface area (TPSA) is 22.0 Å². The lowest BCUT2D eigenvalue weighted by atomic mass is 10.1. The van der Waals surface area contributed by atoms with E-state index >= 15 is 0 Å². The maximum absolute atomic E-state index is 11.9. The summed E-state index contributed by atoms with van der Waals surface area (Å²) in [5, 5.41) is 0. The largest absolute Gasteiger partial charge is 0.341 e. The molecule has 0 fully saturated rings. The normalized spacial score (nSPS) is 12.4. The Morgan fingerprint density at radius 1 is 1.20 bits per heavy atom. The molecule has 0 bridgehead atoms. The summed E-state index contributed by atoms with van der Waals surface area (Å²) in [5.41, 5.74) is 5.30. The first-order chi connectivity index (χ1) is 9.45. The third-order valence-corrected chi connectivity index (χ3v) is 4.10. The van der Waals surface area contributed by atoms with Gasteiger partial charge >= 0.3 is 0 Å². The van der Waals surface area contributed by atoms with Gasteiger partial charge in [-0.2, -0.15) is 0 Å². The summed E-state index contributed by atoms with van der Waals surface area (Å²) in [4.78, 5) is 11.9. The molecular formula is C17H20ClNO. The van der Waals surface area contributed by atoms with E-state index in [4.69, 9.17) is 11.6 Å². The van der Waals surface area contributed by atoms with Crippen molar-refractivity contribution in [3.63, 3.8) is 0 Å². The molecule has 2 aromatic rings. The van der Waals surface area contributed by atoms with Crippen LogP contribution in [0.2, 0.25) is 0 Å². The highest BCUT2D eigenvalue weighted by atomic mass is 35.5. The van der Waals surface area contributed by atoms with Crippen LogP contribution in [0.25, 0.3) is 0 Å². The van der Waals surface area contributed by atoms with E-state index < -0.39 is 0 Å². The molecule has 20 heavy (non-hydrogen) atoms. The van der Waals surface area contributed by atoms with Crippen LogP contribution >= 0.6 is 11.6 Å². The molecule has 2 rings (SSSR count). The Hall–Kier alpha value is -1.54. The van der Waals surface area contributed by atoms with Crippen LogP contribution in [0.15, 0.2) is 30.3 Å². The van der Waals surface area contributed by atoms with E-state index in [2.05, 4.69) is 42.7 Å². The predicted molar refractivity (Wildman–Crippen MR) is 83.9 cm³/mol. The third-order valence-electron chi connectivity index (χ3n) is 3.85. The summed E-state index contributed by atoms with van der Waals surface area (Å²) in [6.07, 6.45) is 0. The van der Waals surface area contributed by atoms with E-state index in [9.17, 15) is 4.79 Å². The molecule has 0 saturated carbocycles. The zero-order valence-corrected chi connectivity index (χ0v) is 13.2. The number of ketones is 1. The lowest BCUT2D eigenvalue weighted by Crippen LogP contribution is -2.11. The number of rotatable bonds is 4. The monoisotopic (exact) mass is 289 g/mol. The second kappa shape index (κ2) is 5.84. The molecule has 3 heteroatoms. The molecule has 0 aliphatic rings. The van der Waals surface area contributed by atoms with Crippen molar-refractivity contribution in [3.05, 3.63) is 58.4 Å². The van der Waals surface area contributed by atoms with Gasteiger partial charge in [-0.1, -0.05) is 29.8 Å². The van der Waals surface area contributed by atoms with Crippen LogP contribution in [0.3, 0.4) is 0 Å². The summed E-state index contributed by atoms with van der Waals surface area (Å²) in [5.74, 6) is 0.0190. The zero-order valence-electron chi connectivity index (χ0n) is 12.4. The molecule has 106 valence electrons. The molecule has 1 aromatic heterocycles. The number of alkyl halides is 1. The Morgan fingerprint density at radius 3 is 2.35 bits per heavy atom. The Morgan fingerprint density at radius 2 is 1.80 bits per heavy atom. The quantitative estimate of drug-likeness (QED) is 0.602. The summed E-state index contributed by atoms with van der Waals surface area (Å²) < 4.78 is 2.20. The van der Waals surface area contributed by atoms with Crippen molar-refractivity contribution in [2.45, 2.75) is 33.7 Å². The van der Waals surface area contributed by atoms with Crippen molar-refractivity contribution >= 4 is 17.4 Å². The van der Waals surface area contributed by atoms with Crippen LogP contribution in [-0.4, -0.2) is 16.2 Å². The number of aromatic nitrogens is 1. The van der Waals surface area contributed by atoms with Gasteiger partial charge in [0.15, 0.2) is 5.78 Å². The van der Waals surface area contributed by atoms with Crippen molar-refractivity contribution in [1.82, 2.24) is 4.57 Å². The molecular weight excluding hydrogens is 270 g/mol. The van der Waals surface area contributed by atoms with Gasteiger partial charge in [0.1, 0.15) is 0 Å². The SMILES string of the molecule is Cc1ccc(C(C)n2c(C)cc(C(=O)CCl)c2C)cc1. The average molecular weight is 290 g/mol. The second-order valence-electron chi connectivity index (χ2n) is 5.30. The van der Waals surface area contributed by atoms with E-state index in [0.717, 1.165) is 17.0 Å². The van der Waals surface area contributed by atoms with Crippen LogP contribution in [-0.2, 0) is 0 Å². The zero-order chi connectivity index (χ0) is 14.9. The Balaban J connectivity index is 2.44. The van der Waals surface area contributed by atoms with Gasteiger partial charge in [0.05, 0.1) is 11.9 Å². The Kier molecular flexibility index (Phi) is 4.34. The van der Waals surface area contributed by atoms with Crippen LogP contribution in [0.5, 0.6) is 0 Å². The molecule has 1 atom stereocenters. The molecule has 1 unspecified atom stereocenters. The first-order valence-corrected chi connectivity index (χ1v) is 7.33. The number of benzene rings is 1. The van der Waals surface area contributed by atoms with Crippen LogP contribution in [0.1, 0.15) is 45.8 Å². The standard InChI is InChI=1S/C17H20ClNO/c1-11-5-7-15(8-6-11)13(3)19-12(2)9-16(14(19)4)17(20)10-18/h5-9,13H,10H2,1-4H3. The summed E-state index contributed by atoms with van der Waals surface area (Å²) in [6, 6.07) is 10.7. The van der Waals surface area contributed by atoms with Gasteiger partial charge in [-0.25, -0.2) is 0 Å². The first kappa shape index (κ1) is 14.9. The molecule has 0 saturated heterocycles. The highest BCUT2D eigenvalue weighted by Crippen LogP contribution is 2.26. The molecule has 0 N–H and O–H groups in total. The van der Waals surface area contributed by atoms with Crippen molar-refractivity contribution < 1.29 is 4.79 Å². The van der Waals surface area contributed by atoms with Gasteiger partial charge in [-0.15, -0.1) is 11.6 Å². The van der Waals surface area contributed by atoms with Gasteiger partial charge in [-0.3, -0.25) is 4.79 Å². The molecule has 0 radical (unpaired) electrons. The van der Waals surface area contributed by atoms with Crippen molar-refractivity contribution in [2.75, 3.05) is 5.88 Å². The van der Waals surface area contributed by atoms with Crippen molar-refractivity contribution in [2.24, 2.45) is 0 Å². The maximum Gasteiger partial charge on any atom is 0.179 e. The van der Waals surface area contributed by atoms with E-state index in [0.29, 0.717) is 0 Å². The van der Waals surface area contributed by atoms with Crippen LogP contribution in [0, 0.1) is 20.8 Å². The molecule has 0 aliphatic heterocycles. The van der Waals surface area contributed by atoms with E-state index in [1.807, 2.05) is 19.9 Å². The Labute approximate surface area is 125 Å². The number of carbonyl (C=O) groups excluding carboxylic acids is 1. The van der Waals surface area contributed by atoms with E-state index in [1.54, 1.807) is 0 Å². The minimum absolute atomic E-state index is 0.0119. The van der Waals surface area contributed by atoms with Crippen LogP contribution in [0.4, 0.5) is 0 Å². The highest BCUT2D eigenvalue weighted by molar-refractivity contribution is 6.30. The minimum atomic E-state index is -0.0119. The summed E-state index contributed by atoms with van der Waals surface area (Å²) >= 11 is 5.68. The van der Waals surface area contributed by atoms with Gasteiger partial charge in [-0.05, 0) is 39.3 Å². The molecule has 0 amide bonds. The minimum Gasteiger partial charge on any atom is -0.341 e. The average Bonchev–Trinajstić information content (AvgIpc) is 2.73. The van der Waals surface area contributed by atoms with Gasteiger partial charge in [0.25, 0.3) is 0 Å². The maximum atomic E-state index is 11.9. The highest BCUT2D eigenvalue weighted by Gasteiger charge is 2.18. The molecule has 0 spiro atoms. The number of hydrogen-bond donors (Lipinski definition) is 0. The number of hydrogen-bond acceptors (Lipinski definition) is 1.